The van der Waals surface area contributed by atoms with Crippen LogP contribution in [0.5, 0.6) is 0 Å². The van der Waals surface area contributed by atoms with E-state index in [1.165, 1.54) is 25.7 Å². The summed E-state index contributed by atoms with van der Waals surface area (Å²) < 4.78 is 13.6. The molecule has 0 aromatic rings. The first-order chi connectivity index (χ1) is 15.6. The smallest absolute Gasteiger partial charge is 0.138 e. The Kier molecular flexibility index (Phi) is 5.59. The minimum Gasteiger partial charge on any atom is -0.388 e. The van der Waals surface area contributed by atoms with E-state index in [1.54, 1.807) is 0 Å². The summed E-state index contributed by atoms with van der Waals surface area (Å²) in [6, 6.07) is 0. The van der Waals surface area contributed by atoms with E-state index in [4.69, 9.17) is 9.47 Å². The molecule has 0 bridgehead atoms. The molecular formula is C30H50O4. The van der Waals surface area contributed by atoms with Crippen molar-refractivity contribution >= 4 is 5.78 Å². The fraction of sp³-hybridized carbons (Fsp3) is 0.967. The molecule has 194 valence electrons. The van der Waals surface area contributed by atoms with Crippen molar-refractivity contribution in [1.82, 2.24) is 0 Å². The van der Waals surface area contributed by atoms with E-state index in [1.807, 2.05) is 13.8 Å². The van der Waals surface area contributed by atoms with E-state index in [2.05, 4.69) is 41.5 Å². The molecule has 1 unspecified atom stereocenters. The molecule has 0 aromatic heterocycles. The van der Waals surface area contributed by atoms with E-state index < -0.39 is 5.60 Å². The summed E-state index contributed by atoms with van der Waals surface area (Å²) in [7, 11) is 0. The van der Waals surface area contributed by atoms with E-state index in [0.29, 0.717) is 23.5 Å². The summed E-state index contributed by atoms with van der Waals surface area (Å²) in [5, 5.41) is 10.5. The summed E-state index contributed by atoms with van der Waals surface area (Å²) in [4.78, 5) is 12.8. The van der Waals surface area contributed by atoms with Crippen LogP contribution in [0.25, 0.3) is 0 Å². The SMILES string of the molecule is CC(C)(O)C1CC[C@@](C)([C@H]2CC[C@@](C)([C@@H]3CC[C@H]4[C@@]3(C)CC[C@H]3C(C)(C)C(=O)CC[C@]43C)O2)O1. The van der Waals surface area contributed by atoms with Crippen LogP contribution >= 0.6 is 0 Å². The van der Waals surface area contributed by atoms with Crippen LogP contribution in [0.4, 0.5) is 0 Å². The van der Waals surface area contributed by atoms with E-state index in [0.717, 1.165) is 38.5 Å². The third-order valence-corrected chi connectivity index (χ3v) is 12.2. The Balaban J connectivity index is 1.36. The third kappa shape index (κ3) is 3.44. The number of rotatable bonds is 3. The summed E-state index contributed by atoms with van der Waals surface area (Å²) in [6.45, 7) is 17.9. The molecule has 4 heteroatoms. The molecule has 9 atom stereocenters. The van der Waals surface area contributed by atoms with Gasteiger partial charge in [0.25, 0.3) is 0 Å². The fourth-order valence-corrected chi connectivity index (χ4v) is 10.3. The molecule has 34 heavy (non-hydrogen) atoms. The van der Waals surface area contributed by atoms with Crippen LogP contribution in [-0.4, -0.2) is 39.9 Å². The number of ketones is 1. The lowest BCUT2D eigenvalue weighted by Crippen LogP contribution is -2.58. The molecule has 3 aliphatic carbocycles. The number of hydrogen-bond acceptors (Lipinski definition) is 4. The Bertz CT molecular complexity index is 843. The number of Topliss-reactive ketones (excluding diaryl/α,β-unsaturated/α-hetero) is 1. The first kappa shape index (κ1) is 25.2. The van der Waals surface area contributed by atoms with Crippen LogP contribution < -0.4 is 0 Å². The fourth-order valence-electron chi connectivity index (χ4n) is 10.3. The highest BCUT2D eigenvalue weighted by Crippen LogP contribution is 2.71. The molecule has 0 spiro atoms. The second-order valence-electron chi connectivity index (χ2n) is 15.0. The molecule has 3 saturated carbocycles. The Morgan fingerprint density at radius 1 is 0.735 bits per heavy atom. The monoisotopic (exact) mass is 474 g/mol. The lowest BCUT2D eigenvalue weighted by molar-refractivity contribution is -0.198. The summed E-state index contributed by atoms with van der Waals surface area (Å²) in [5.74, 6) is 2.22. The maximum absolute atomic E-state index is 12.8. The van der Waals surface area contributed by atoms with Gasteiger partial charge in [0, 0.05) is 11.8 Å². The van der Waals surface area contributed by atoms with Crippen LogP contribution in [-0.2, 0) is 14.3 Å². The number of ether oxygens (including phenoxy) is 2. The molecule has 4 nitrogen and oxygen atoms in total. The summed E-state index contributed by atoms with van der Waals surface area (Å²) in [6.07, 6.45) is 10.7. The molecule has 2 aliphatic heterocycles. The van der Waals surface area contributed by atoms with Crippen LogP contribution in [0.2, 0.25) is 0 Å². The van der Waals surface area contributed by atoms with Crippen molar-refractivity contribution in [2.45, 2.75) is 149 Å². The summed E-state index contributed by atoms with van der Waals surface area (Å²) >= 11 is 0. The molecule has 0 radical (unpaired) electrons. The van der Waals surface area contributed by atoms with E-state index in [-0.39, 0.29) is 39.7 Å². The highest BCUT2D eigenvalue weighted by atomic mass is 16.6. The van der Waals surface area contributed by atoms with Gasteiger partial charge in [-0.3, -0.25) is 4.79 Å². The van der Waals surface area contributed by atoms with Crippen LogP contribution in [0, 0.1) is 34.0 Å². The lowest BCUT2D eigenvalue weighted by Gasteiger charge is -2.62. The van der Waals surface area contributed by atoms with Gasteiger partial charge in [0.15, 0.2) is 0 Å². The van der Waals surface area contributed by atoms with Crippen molar-refractivity contribution in [3.05, 3.63) is 0 Å². The number of carbonyl (C=O) groups is 1. The Morgan fingerprint density at radius 2 is 1.35 bits per heavy atom. The topological polar surface area (TPSA) is 55.8 Å². The average molecular weight is 475 g/mol. The highest BCUT2D eigenvalue weighted by molar-refractivity contribution is 5.85. The van der Waals surface area contributed by atoms with Gasteiger partial charge in [-0.25, -0.2) is 0 Å². The van der Waals surface area contributed by atoms with Crippen LogP contribution in [0.1, 0.15) is 120 Å². The Labute approximate surface area is 207 Å². The van der Waals surface area contributed by atoms with Crippen molar-refractivity contribution in [3.8, 4) is 0 Å². The van der Waals surface area contributed by atoms with Gasteiger partial charge in [-0.15, -0.1) is 0 Å². The van der Waals surface area contributed by atoms with Gasteiger partial charge >= 0.3 is 0 Å². The molecule has 2 heterocycles. The summed E-state index contributed by atoms with van der Waals surface area (Å²) in [5.41, 5.74) is -0.881. The van der Waals surface area contributed by atoms with Crippen molar-refractivity contribution in [2.24, 2.45) is 34.0 Å². The Morgan fingerprint density at radius 3 is 2.00 bits per heavy atom. The van der Waals surface area contributed by atoms with Crippen molar-refractivity contribution < 1.29 is 19.4 Å². The maximum Gasteiger partial charge on any atom is 0.138 e. The molecule has 2 saturated heterocycles. The van der Waals surface area contributed by atoms with Crippen molar-refractivity contribution in [2.75, 3.05) is 0 Å². The number of fused-ring (bicyclic) bond motifs is 3. The van der Waals surface area contributed by atoms with E-state index in [9.17, 15) is 9.90 Å². The largest absolute Gasteiger partial charge is 0.388 e. The minimum absolute atomic E-state index is 0.102. The molecule has 5 aliphatic rings. The maximum atomic E-state index is 12.8. The average Bonchev–Trinajstić information content (AvgIpc) is 3.41. The zero-order valence-electron chi connectivity index (χ0n) is 23.1. The quantitative estimate of drug-likeness (QED) is 0.509. The molecule has 0 amide bonds. The van der Waals surface area contributed by atoms with Gasteiger partial charge < -0.3 is 14.6 Å². The van der Waals surface area contributed by atoms with Gasteiger partial charge in [-0.05, 0) is 114 Å². The van der Waals surface area contributed by atoms with Gasteiger partial charge in [0.05, 0.1) is 29.0 Å². The first-order valence-electron chi connectivity index (χ1n) is 14.2. The molecule has 0 aromatic carbocycles. The van der Waals surface area contributed by atoms with E-state index >= 15 is 0 Å². The standard InChI is InChI=1S/C30H50O4/c1-25(2)19-11-15-28(6)20(27(19,5)16-12-22(25)31)9-10-21(28)29(7)17-14-24(34-29)30(8)18-13-23(33-30)26(3,4)32/h19-21,23-24,32H,9-18H2,1-8H3/t19-,20+,21+,23?,24+,27-,28+,29-,30-/m0/s1. The molecule has 5 fully saturated rings. The van der Waals surface area contributed by atoms with Crippen LogP contribution in [0.3, 0.4) is 0 Å². The lowest BCUT2D eigenvalue weighted by atomic mass is 9.42. The predicted molar refractivity (Wildman–Crippen MR) is 134 cm³/mol. The zero-order valence-corrected chi connectivity index (χ0v) is 23.1. The normalized spacial score (nSPS) is 53.1. The number of aliphatic hydroxyl groups is 1. The highest BCUT2D eigenvalue weighted by Gasteiger charge is 2.67. The molecule has 1 N–H and O–H groups in total. The van der Waals surface area contributed by atoms with Crippen LogP contribution in [0.15, 0.2) is 0 Å². The second-order valence-corrected chi connectivity index (χ2v) is 15.0. The number of hydrogen-bond donors (Lipinski definition) is 1. The minimum atomic E-state index is -0.810. The predicted octanol–water partition coefficient (Wildman–Crippen LogP) is 6.47. The van der Waals surface area contributed by atoms with Crippen molar-refractivity contribution in [3.63, 3.8) is 0 Å². The van der Waals surface area contributed by atoms with Crippen molar-refractivity contribution in [1.29, 1.82) is 0 Å². The van der Waals surface area contributed by atoms with Gasteiger partial charge in [-0.1, -0.05) is 27.7 Å². The molecule has 5 rings (SSSR count). The van der Waals surface area contributed by atoms with Gasteiger partial charge in [0.2, 0.25) is 0 Å². The number of carbonyl (C=O) groups excluding carboxylic acids is 1. The zero-order chi connectivity index (χ0) is 24.9. The second kappa shape index (κ2) is 7.54. The van der Waals surface area contributed by atoms with Gasteiger partial charge in [0.1, 0.15) is 5.78 Å². The van der Waals surface area contributed by atoms with Gasteiger partial charge in [-0.2, -0.15) is 0 Å². The third-order valence-electron chi connectivity index (χ3n) is 12.2. The Hall–Kier alpha value is -0.450. The first-order valence-corrected chi connectivity index (χ1v) is 14.2. The molecular weight excluding hydrogens is 424 g/mol.